The number of halogens is 2. The Morgan fingerprint density at radius 1 is 1.06 bits per heavy atom. The van der Waals surface area contributed by atoms with Crippen LogP contribution in [0.4, 0.5) is 0 Å². The topological polar surface area (TPSA) is 104 Å². The summed E-state index contributed by atoms with van der Waals surface area (Å²) in [6.45, 7) is 4.76. The van der Waals surface area contributed by atoms with Crippen LogP contribution in [-0.4, -0.2) is 54.0 Å². The van der Waals surface area contributed by atoms with E-state index in [1.165, 1.54) is 23.1 Å². The van der Waals surface area contributed by atoms with Crippen LogP contribution in [0.15, 0.2) is 47.4 Å². The average Bonchev–Trinajstić information content (AvgIpc) is 3.01. The fraction of sp³-hybridized carbons (Fsp3) is 0.375. The number of carbonyl (C=O) groups excluding carboxylic acids is 3. The highest BCUT2D eigenvalue weighted by atomic mass is 35.5. The van der Waals surface area contributed by atoms with Gasteiger partial charge in [-0.3, -0.25) is 14.4 Å². The minimum absolute atomic E-state index is 0.0119. The van der Waals surface area contributed by atoms with Gasteiger partial charge < -0.3 is 10.2 Å². The monoisotopic (exact) mass is 539 g/mol. The Bertz CT molecular complexity index is 1250. The number of nitrogens with one attached hydrogen (secondary N) is 1. The Morgan fingerprint density at radius 3 is 2.34 bits per heavy atom. The molecule has 0 saturated carbocycles. The lowest BCUT2D eigenvalue weighted by Gasteiger charge is -2.32. The van der Waals surface area contributed by atoms with Crippen molar-refractivity contribution in [3.63, 3.8) is 0 Å². The summed E-state index contributed by atoms with van der Waals surface area (Å²) in [5.41, 5.74) is 0.610. The Labute approximate surface area is 215 Å². The molecule has 0 bridgehead atoms. The molecule has 2 aromatic rings. The largest absolute Gasteiger partial charge is 0.352 e. The maximum absolute atomic E-state index is 13.5. The SMILES string of the molecule is CC[C@@H](C)NC(=O)[C@H](CC)N(Cc1ccc(Cl)c(Cl)c1)C(=O)CN1C(=O)c2ccccc2S1(=O)=O. The van der Waals surface area contributed by atoms with E-state index in [9.17, 15) is 22.8 Å². The number of hydrogen-bond donors (Lipinski definition) is 1. The number of benzene rings is 2. The standard InChI is InChI=1S/C24H27Cl2N3O5S/c1-4-15(3)27-23(31)20(5-2)28(13-16-10-11-18(25)19(26)12-16)22(30)14-29-24(32)17-8-6-7-9-21(17)35(29,33)34/h6-12,15,20H,4-5,13-14H2,1-3H3,(H,27,31)/t15-,20+/m1/s1. The van der Waals surface area contributed by atoms with Crippen LogP contribution >= 0.6 is 23.2 Å². The first-order valence-corrected chi connectivity index (χ1v) is 13.4. The molecule has 0 aliphatic carbocycles. The van der Waals surface area contributed by atoms with Crippen molar-refractivity contribution in [2.45, 2.75) is 57.1 Å². The Morgan fingerprint density at radius 2 is 1.74 bits per heavy atom. The van der Waals surface area contributed by atoms with Crippen LogP contribution in [0.3, 0.4) is 0 Å². The molecule has 0 saturated heterocycles. The van der Waals surface area contributed by atoms with Crippen LogP contribution in [0.5, 0.6) is 0 Å². The molecule has 0 unspecified atom stereocenters. The van der Waals surface area contributed by atoms with Crippen LogP contribution in [0.1, 0.15) is 49.5 Å². The summed E-state index contributed by atoms with van der Waals surface area (Å²) in [6.07, 6.45) is 0.970. The van der Waals surface area contributed by atoms with Crippen LogP contribution in [0, 0.1) is 0 Å². The molecule has 8 nitrogen and oxygen atoms in total. The van der Waals surface area contributed by atoms with E-state index in [0.717, 1.165) is 0 Å². The lowest BCUT2D eigenvalue weighted by atomic mass is 10.1. The molecule has 2 aromatic carbocycles. The Kier molecular flexibility index (Phi) is 8.46. The molecule has 3 amide bonds. The van der Waals surface area contributed by atoms with E-state index in [1.807, 2.05) is 13.8 Å². The summed E-state index contributed by atoms with van der Waals surface area (Å²) in [5.74, 6) is -1.83. The zero-order valence-electron chi connectivity index (χ0n) is 19.6. The average molecular weight is 540 g/mol. The van der Waals surface area contributed by atoms with Crippen LogP contribution in [0.25, 0.3) is 0 Å². The van der Waals surface area contributed by atoms with Gasteiger partial charge in [0.05, 0.1) is 15.6 Å². The van der Waals surface area contributed by atoms with Crippen LogP contribution in [-0.2, 0) is 26.2 Å². The highest BCUT2D eigenvalue weighted by molar-refractivity contribution is 7.90. The maximum atomic E-state index is 13.5. The first kappa shape index (κ1) is 27.0. The minimum Gasteiger partial charge on any atom is -0.352 e. The molecule has 1 N–H and O–H groups in total. The number of sulfonamides is 1. The molecule has 2 atom stereocenters. The van der Waals surface area contributed by atoms with Crippen molar-refractivity contribution >= 4 is 50.9 Å². The van der Waals surface area contributed by atoms with E-state index < -0.39 is 34.4 Å². The number of rotatable bonds is 9. The Balaban J connectivity index is 1.94. The molecule has 188 valence electrons. The van der Waals surface area contributed by atoms with E-state index >= 15 is 0 Å². The maximum Gasteiger partial charge on any atom is 0.269 e. The fourth-order valence-corrected chi connectivity index (χ4v) is 5.64. The predicted octanol–water partition coefficient (Wildman–Crippen LogP) is 3.86. The first-order chi connectivity index (χ1) is 16.5. The molecule has 35 heavy (non-hydrogen) atoms. The second-order valence-electron chi connectivity index (χ2n) is 8.33. The molecular formula is C24H27Cl2N3O5S. The van der Waals surface area contributed by atoms with Crippen molar-refractivity contribution in [2.75, 3.05) is 6.54 Å². The summed E-state index contributed by atoms with van der Waals surface area (Å²) < 4.78 is 26.5. The van der Waals surface area contributed by atoms with Crippen molar-refractivity contribution in [1.29, 1.82) is 0 Å². The van der Waals surface area contributed by atoms with E-state index in [-0.39, 0.29) is 40.4 Å². The van der Waals surface area contributed by atoms with Gasteiger partial charge in [-0.2, -0.15) is 0 Å². The molecule has 0 aromatic heterocycles. The zero-order valence-corrected chi connectivity index (χ0v) is 22.0. The summed E-state index contributed by atoms with van der Waals surface area (Å²) in [4.78, 5) is 40.6. The van der Waals surface area contributed by atoms with E-state index in [1.54, 1.807) is 31.2 Å². The minimum atomic E-state index is -4.19. The smallest absolute Gasteiger partial charge is 0.269 e. The van der Waals surface area contributed by atoms with Gasteiger partial charge in [-0.1, -0.05) is 55.2 Å². The van der Waals surface area contributed by atoms with Gasteiger partial charge in [0.1, 0.15) is 17.5 Å². The quantitative estimate of drug-likeness (QED) is 0.520. The number of hydrogen-bond acceptors (Lipinski definition) is 5. The third-order valence-corrected chi connectivity index (χ3v) is 8.44. The Hall–Kier alpha value is -2.62. The number of amides is 3. The van der Waals surface area contributed by atoms with E-state index in [0.29, 0.717) is 21.3 Å². The first-order valence-electron chi connectivity index (χ1n) is 11.2. The van der Waals surface area contributed by atoms with Gasteiger partial charge in [-0.05, 0) is 49.6 Å². The lowest BCUT2D eigenvalue weighted by molar-refractivity contribution is -0.141. The van der Waals surface area contributed by atoms with E-state index in [2.05, 4.69) is 5.32 Å². The van der Waals surface area contributed by atoms with Gasteiger partial charge in [-0.25, -0.2) is 12.7 Å². The highest BCUT2D eigenvalue weighted by Crippen LogP contribution is 2.30. The summed E-state index contributed by atoms with van der Waals surface area (Å²) >= 11 is 12.2. The molecule has 0 radical (unpaired) electrons. The summed E-state index contributed by atoms with van der Waals surface area (Å²) in [7, 11) is -4.19. The van der Waals surface area contributed by atoms with Crippen molar-refractivity contribution in [1.82, 2.24) is 14.5 Å². The van der Waals surface area contributed by atoms with Crippen LogP contribution in [0.2, 0.25) is 10.0 Å². The third kappa shape index (κ3) is 5.63. The molecule has 1 aliphatic rings. The van der Waals surface area contributed by atoms with E-state index in [4.69, 9.17) is 23.2 Å². The van der Waals surface area contributed by atoms with Gasteiger partial charge >= 0.3 is 0 Å². The van der Waals surface area contributed by atoms with Gasteiger partial charge in [-0.15, -0.1) is 0 Å². The lowest BCUT2D eigenvalue weighted by Crippen LogP contribution is -2.53. The van der Waals surface area contributed by atoms with Crippen molar-refractivity contribution in [3.05, 3.63) is 63.6 Å². The third-order valence-electron chi connectivity index (χ3n) is 5.91. The number of fused-ring (bicyclic) bond motifs is 1. The van der Waals surface area contributed by atoms with Crippen LogP contribution < -0.4 is 5.32 Å². The fourth-order valence-electron chi connectivity index (χ4n) is 3.80. The molecule has 3 rings (SSSR count). The second kappa shape index (κ2) is 11.0. The van der Waals surface area contributed by atoms with Gasteiger partial charge in [0.25, 0.3) is 15.9 Å². The zero-order chi connectivity index (χ0) is 25.9. The normalized spacial score (nSPS) is 15.9. The van der Waals surface area contributed by atoms with Gasteiger partial charge in [0.2, 0.25) is 11.8 Å². The van der Waals surface area contributed by atoms with Gasteiger partial charge in [0.15, 0.2) is 0 Å². The molecule has 0 spiro atoms. The number of nitrogens with zero attached hydrogens (tertiary/aromatic N) is 2. The van der Waals surface area contributed by atoms with Crippen molar-refractivity contribution in [3.8, 4) is 0 Å². The molecule has 11 heteroatoms. The molecule has 1 heterocycles. The second-order valence-corrected chi connectivity index (χ2v) is 11.0. The molecule has 1 aliphatic heterocycles. The van der Waals surface area contributed by atoms with Gasteiger partial charge in [0, 0.05) is 12.6 Å². The predicted molar refractivity (Wildman–Crippen MR) is 134 cm³/mol. The number of carbonyl (C=O) groups is 3. The molecule has 0 fully saturated rings. The highest BCUT2D eigenvalue weighted by Gasteiger charge is 2.43. The van der Waals surface area contributed by atoms with Crippen molar-refractivity contribution in [2.24, 2.45) is 0 Å². The summed E-state index contributed by atoms with van der Waals surface area (Å²) in [6, 6.07) is 9.61. The summed E-state index contributed by atoms with van der Waals surface area (Å²) in [5, 5.41) is 3.49. The molecular weight excluding hydrogens is 513 g/mol. The van der Waals surface area contributed by atoms with Crippen molar-refractivity contribution < 1.29 is 22.8 Å².